The van der Waals surface area contributed by atoms with E-state index in [1.807, 2.05) is 0 Å². The van der Waals surface area contributed by atoms with E-state index in [1.165, 1.54) is 0 Å². The molecule has 0 fully saturated rings. The van der Waals surface area contributed by atoms with E-state index >= 15 is 0 Å². The molecule has 0 aromatic heterocycles. The second kappa shape index (κ2) is 37.8. The smallest absolute Gasteiger partial charge is 0 e. The van der Waals surface area contributed by atoms with Crippen molar-refractivity contribution in [1.29, 1.82) is 0 Å². The summed E-state index contributed by atoms with van der Waals surface area (Å²) in [4.78, 5) is 0. The number of hydrogen-bond donors (Lipinski definition) is 2. The van der Waals surface area contributed by atoms with Gasteiger partial charge in [-0.15, -0.1) is 0 Å². The first kappa shape index (κ1) is 90.7. The Morgan fingerprint density at radius 3 is 0.692 bits per heavy atom. The van der Waals surface area contributed by atoms with Crippen LogP contribution < -0.4 is 0 Å². The first-order valence-corrected chi connectivity index (χ1v) is 2.10. The van der Waals surface area contributed by atoms with Gasteiger partial charge >= 0.3 is 40.0 Å². The van der Waals surface area contributed by atoms with Crippen molar-refractivity contribution < 1.29 is 69.9 Å². The van der Waals surface area contributed by atoms with Crippen LogP contribution in [0.3, 0.4) is 0 Å². The van der Waals surface area contributed by atoms with Gasteiger partial charge in [-0.2, -0.15) is 8.42 Å². The second-order valence-electron chi connectivity index (χ2n) is 0.448. The molecule has 13 heavy (non-hydrogen) atoms. The van der Waals surface area contributed by atoms with Gasteiger partial charge in [0, 0.05) is 19.5 Å². The van der Waals surface area contributed by atoms with Crippen LogP contribution in [0.2, 0.25) is 0 Å². The Morgan fingerprint density at radius 2 is 0.692 bits per heavy atom. The Hall–Kier alpha value is 1.25. The van der Waals surface area contributed by atoms with Crippen LogP contribution in [0.4, 0.5) is 0 Å². The molecule has 0 aliphatic carbocycles. The summed E-state index contributed by atoms with van der Waals surface area (Å²) >= 11 is 0. The zero-order chi connectivity index (χ0) is 4.50. The van der Waals surface area contributed by atoms with Crippen LogP contribution >= 0.6 is 0 Å². The molecule has 84 valence electrons. The van der Waals surface area contributed by atoms with E-state index in [1.54, 1.807) is 0 Å². The normalized spacial score (nSPS) is 4.46. The van der Waals surface area contributed by atoms with Crippen LogP contribution in [0.25, 0.3) is 0 Å². The Morgan fingerprint density at radius 1 is 0.692 bits per heavy atom. The quantitative estimate of drug-likeness (QED) is 0.326. The minimum Gasteiger partial charge on any atom is 0 e. The Kier molecular flexibility index (Phi) is 264. The molecule has 0 saturated carbocycles. The minimum absolute atomic E-state index is 0. The van der Waals surface area contributed by atoms with Gasteiger partial charge in [-0.05, 0) is 0 Å². The van der Waals surface area contributed by atoms with Gasteiger partial charge in [0.2, 0.25) is 0 Å². The standard InChI is InChI=1S/Na.H2O4S.6H2O.Zn.H/c;1-5(2,3)4;;;;;;;;/h;(H2,1,2,3,4);6*1H2;;. The summed E-state index contributed by atoms with van der Waals surface area (Å²) < 4.78 is 31.6. The molecule has 0 aliphatic rings. The molecule has 13 heteroatoms. The van der Waals surface area contributed by atoms with Crippen molar-refractivity contribution in [1.82, 2.24) is 0 Å². The summed E-state index contributed by atoms with van der Waals surface area (Å²) in [6.07, 6.45) is 0. The predicted molar refractivity (Wildman–Crippen MR) is 43.0 cm³/mol. The number of hydrogen-bond acceptors (Lipinski definition) is 2. The van der Waals surface area contributed by atoms with E-state index in [2.05, 4.69) is 0 Å². The zero-order valence-electron chi connectivity index (χ0n) is 5.83. The van der Waals surface area contributed by atoms with Gasteiger partial charge in [0.1, 0.15) is 0 Å². The van der Waals surface area contributed by atoms with Crippen LogP contribution in [0.1, 0.15) is 0 Å². The van der Waals surface area contributed by atoms with E-state index in [-0.39, 0.29) is 81.9 Å². The van der Waals surface area contributed by atoms with Crippen molar-refractivity contribution in [2.45, 2.75) is 0 Å². The first-order valence-electron chi connectivity index (χ1n) is 0.698. The van der Waals surface area contributed by atoms with E-state index in [0.29, 0.717) is 0 Å². The molecule has 0 aromatic carbocycles. The van der Waals surface area contributed by atoms with Crippen LogP contribution in [-0.4, -0.2) is 79.9 Å². The maximum absolute atomic E-state index is 8.74. The van der Waals surface area contributed by atoms with Crippen molar-refractivity contribution >= 4 is 40.0 Å². The molecule has 0 amide bonds. The van der Waals surface area contributed by atoms with Gasteiger partial charge in [-0.1, -0.05) is 0 Å². The Balaban J connectivity index is -0.00000000286. The van der Waals surface area contributed by atoms with Crippen molar-refractivity contribution in [3.8, 4) is 0 Å². The van der Waals surface area contributed by atoms with E-state index in [0.717, 1.165) is 0 Å². The third-order valence-corrected chi connectivity index (χ3v) is 0. The molecular formula is H15NaO10SZn. The molecule has 0 atom stereocenters. The van der Waals surface area contributed by atoms with Crippen molar-refractivity contribution in [3.63, 3.8) is 0 Å². The van der Waals surface area contributed by atoms with Crippen molar-refractivity contribution in [2.75, 3.05) is 0 Å². The molecule has 0 unspecified atom stereocenters. The fourth-order valence-corrected chi connectivity index (χ4v) is 0. The maximum Gasteiger partial charge on any atom is 0 e. The third-order valence-electron chi connectivity index (χ3n) is 0. The fraction of sp³-hybridized carbons (Fsp3) is 0. The zero-order valence-corrected chi connectivity index (χ0v) is 9.61. The Bertz CT molecular complexity index is 98.1. The first-order chi connectivity index (χ1) is 2.00. The summed E-state index contributed by atoms with van der Waals surface area (Å²) in [5.41, 5.74) is 0. The molecule has 0 aliphatic heterocycles. The van der Waals surface area contributed by atoms with Gasteiger partial charge in [0.25, 0.3) is 0 Å². The molecule has 0 heterocycles. The molecule has 14 N–H and O–H groups in total. The van der Waals surface area contributed by atoms with Crippen molar-refractivity contribution in [3.05, 3.63) is 0 Å². The van der Waals surface area contributed by atoms with Gasteiger partial charge in [0.15, 0.2) is 0 Å². The van der Waals surface area contributed by atoms with E-state index in [9.17, 15) is 0 Å². The molecule has 0 bridgehead atoms. The summed E-state index contributed by atoms with van der Waals surface area (Å²) in [6, 6.07) is 0. The van der Waals surface area contributed by atoms with Crippen LogP contribution in [-0.2, 0) is 29.9 Å². The summed E-state index contributed by atoms with van der Waals surface area (Å²) in [6.45, 7) is 0. The van der Waals surface area contributed by atoms with Gasteiger partial charge in [-0.25, -0.2) is 0 Å². The molecule has 0 rings (SSSR count). The number of rotatable bonds is 0. The molecule has 0 aromatic rings. The fourth-order valence-electron chi connectivity index (χ4n) is 0. The summed E-state index contributed by atoms with van der Waals surface area (Å²) in [5, 5.41) is 0. The topological polar surface area (TPSA) is 264 Å². The molecular weight excluding hydrogens is 280 g/mol. The molecule has 10 nitrogen and oxygen atoms in total. The van der Waals surface area contributed by atoms with Gasteiger partial charge in [0.05, 0.1) is 0 Å². The second-order valence-corrected chi connectivity index (χ2v) is 1.34. The Labute approximate surface area is 109 Å². The minimum atomic E-state index is -4.67. The van der Waals surface area contributed by atoms with Crippen molar-refractivity contribution in [2.24, 2.45) is 0 Å². The third kappa shape index (κ3) is 1070. The van der Waals surface area contributed by atoms with E-state index in [4.69, 9.17) is 17.5 Å². The predicted octanol–water partition coefficient (Wildman–Crippen LogP) is -6.25. The van der Waals surface area contributed by atoms with E-state index < -0.39 is 10.4 Å². The monoisotopic (exact) mass is 294 g/mol. The maximum atomic E-state index is 8.74. The summed E-state index contributed by atoms with van der Waals surface area (Å²) in [7, 11) is -4.67. The van der Waals surface area contributed by atoms with Crippen LogP contribution in [0, 0.1) is 0 Å². The van der Waals surface area contributed by atoms with Crippen LogP contribution in [0.15, 0.2) is 0 Å². The summed E-state index contributed by atoms with van der Waals surface area (Å²) in [5.74, 6) is 0. The van der Waals surface area contributed by atoms with Gasteiger partial charge in [-0.3, -0.25) is 9.11 Å². The van der Waals surface area contributed by atoms with Crippen LogP contribution in [0.5, 0.6) is 0 Å². The molecule has 0 spiro atoms. The largest absolute Gasteiger partial charge is 0 e. The molecule has 0 radical (unpaired) electrons. The average molecular weight is 296 g/mol. The SMILES string of the molecule is O.O.O.O.O.O.O=S(=O)(O)O.[NaH].[Zn]. The van der Waals surface area contributed by atoms with Gasteiger partial charge < -0.3 is 32.9 Å². The molecule has 0 saturated heterocycles. The average Bonchev–Trinajstić information content (AvgIpc) is 0.722.